The number of carbonyl (C=O) groups is 5. The molecule has 0 bridgehead atoms. The zero-order valence-electron chi connectivity index (χ0n) is 36.6. The molecule has 5 N–H and O–H groups in total. The highest BCUT2D eigenvalue weighted by Crippen LogP contribution is 2.52. The van der Waals surface area contributed by atoms with Crippen LogP contribution in [0.15, 0.2) is 48.5 Å². The number of hydrogen-bond acceptors (Lipinski definition) is 13. The number of nitrogen functional groups attached to an aromatic ring is 1. The van der Waals surface area contributed by atoms with Crippen LogP contribution in [0.1, 0.15) is 89.2 Å². The Kier molecular flexibility index (Phi) is 12.4. The molecule has 3 aliphatic heterocycles. The van der Waals surface area contributed by atoms with Gasteiger partial charge in [-0.15, -0.1) is 0 Å². The van der Waals surface area contributed by atoms with Crippen molar-refractivity contribution in [3.05, 3.63) is 76.6 Å². The first-order valence-electron chi connectivity index (χ1n) is 21.7. The number of anilines is 3. The number of aromatic nitrogens is 2. The fourth-order valence-corrected chi connectivity index (χ4v) is 9.11. The number of halogens is 3. The van der Waals surface area contributed by atoms with Crippen molar-refractivity contribution in [2.75, 3.05) is 69.4 Å². The topological polar surface area (TPSA) is 201 Å². The fourth-order valence-electron chi connectivity index (χ4n) is 9.11. The van der Waals surface area contributed by atoms with E-state index in [0.717, 1.165) is 48.7 Å². The summed E-state index contributed by atoms with van der Waals surface area (Å²) in [4.78, 5) is 78.7. The van der Waals surface area contributed by atoms with Crippen molar-refractivity contribution in [3.63, 3.8) is 0 Å². The third-order valence-electron chi connectivity index (χ3n) is 13.0. The largest absolute Gasteiger partial charge is 0.493 e. The van der Waals surface area contributed by atoms with Gasteiger partial charge in [-0.25, -0.2) is 9.97 Å². The Hall–Kier alpha value is -6.50. The van der Waals surface area contributed by atoms with E-state index in [2.05, 4.69) is 35.7 Å². The molecule has 2 saturated heterocycles. The van der Waals surface area contributed by atoms with Gasteiger partial charge in [-0.3, -0.25) is 39.1 Å². The minimum Gasteiger partial charge on any atom is -0.493 e. The van der Waals surface area contributed by atoms with Crippen molar-refractivity contribution in [1.82, 2.24) is 30.4 Å². The van der Waals surface area contributed by atoms with E-state index in [1.54, 1.807) is 45.2 Å². The van der Waals surface area contributed by atoms with Crippen LogP contribution in [0.5, 0.6) is 11.5 Å². The van der Waals surface area contributed by atoms with Gasteiger partial charge in [0, 0.05) is 73.8 Å². The number of ether oxygens (including phenoxy) is 2. The fraction of sp³-hybridized carbons (Fsp3) is 0.457. The van der Waals surface area contributed by atoms with Crippen molar-refractivity contribution in [2.45, 2.75) is 70.6 Å². The Bertz CT molecular complexity index is 2560. The van der Waals surface area contributed by atoms with Gasteiger partial charge in [0.25, 0.3) is 11.8 Å². The summed E-state index contributed by atoms with van der Waals surface area (Å²) in [7, 11) is 3.17. The number of nitrogens with zero attached hydrogens (tertiary/aromatic N) is 5. The predicted octanol–water partition coefficient (Wildman–Crippen LogP) is 5.25. The van der Waals surface area contributed by atoms with E-state index in [1.807, 2.05) is 6.07 Å². The summed E-state index contributed by atoms with van der Waals surface area (Å²) in [5.41, 5.74) is 6.94. The molecular weight excluding hydrogens is 848 g/mol. The molecule has 1 aromatic heterocycles. The summed E-state index contributed by atoms with van der Waals surface area (Å²) in [6, 6.07) is 10.5. The molecule has 3 unspecified atom stereocenters. The van der Waals surface area contributed by atoms with Gasteiger partial charge in [0.2, 0.25) is 17.7 Å². The maximum absolute atomic E-state index is 13.6. The Morgan fingerprint density at radius 2 is 1.72 bits per heavy atom. The van der Waals surface area contributed by atoms with E-state index in [0.29, 0.717) is 78.7 Å². The molecule has 0 radical (unpaired) electrons. The first kappa shape index (κ1) is 45.1. The van der Waals surface area contributed by atoms with Crippen molar-refractivity contribution >= 4 is 57.6 Å². The summed E-state index contributed by atoms with van der Waals surface area (Å²) in [5, 5.41) is 8.91. The summed E-state index contributed by atoms with van der Waals surface area (Å²) >= 11 is 0. The van der Waals surface area contributed by atoms with Gasteiger partial charge in [0.05, 0.1) is 42.0 Å². The zero-order valence-corrected chi connectivity index (χ0v) is 36.6. The second kappa shape index (κ2) is 17.8. The number of nitrogens with one attached hydrogen (secondary N) is 3. The maximum atomic E-state index is 13.6. The zero-order chi connectivity index (χ0) is 46.4. The normalized spacial score (nSPS) is 19.5. The lowest BCUT2D eigenvalue weighted by molar-refractivity contribution is -0.138. The van der Waals surface area contributed by atoms with Crippen LogP contribution in [-0.4, -0.2) is 109 Å². The summed E-state index contributed by atoms with van der Waals surface area (Å²) in [5.74, 6) is -0.723. The van der Waals surface area contributed by atoms with Crippen molar-refractivity contribution in [1.29, 1.82) is 0 Å². The second-order valence-electron chi connectivity index (χ2n) is 17.5. The molecule has 4 aromatic rings. The number of piperidine rings is 1. The molecule has 0 spiro atoms. The van der Waals surface area contributed by atoms with Crippen molar-refractivity contribution in [2.24, 2.45) is 11.3 Å². The van der Waals surface area contributed by atoms with Crippen LogP contribution in [0.2, 0.25) is 0 Å². The number of piperazine rings is 1. The van der Waals surface area contributed by atoms with Crippen LogP contribution < -0.4 is 36.1 Å². The van der Waals surface area contributed by atoms with E-state index in [4.69, 9.17) is 15.2 Å². The van der Waals surface area contributed by atoms with Crippen LogP contribution in [0, 0.1) is 18.3 Å². The van der Waals surface area contributed by atoms with E-state index >= 15 is 0 Å². The predicted molar refractivity (Wildman–Crippen MR) is 234 cm³/mol. The third kappa shape index (κ3) is 9.51. The van der Waals surface area contributed by atoms with Gasteiger partial charge in [-0.1, -0.05) is 0 Å². The molecule has 4 heterocycles. The molecule has 3 atom stereocenters. The number of carbonyl (C=O) groups excluding carboxylic acids is 5. The van der Waals surface area contributed by atoms with Crippen LogP contribution in [0.3, 0.4) is 0 Å². The summed E-state index contributed by atoms with van der Waals surface area (Å²) in [6.07, 6.45) is -1.41. The minimum atomic E-state index is -4.56. The molecule has 65 heavy (non-hydrogen) atoms. The SMILES string of the molecule is CNC(=O)C(CCN1CCN(c2ccc3c(c2)C(=O)N(C2CCC(=O)NC2=O)C3=O)CC1)CC1(COc2cc3c(NC(C)c4cc(N)cc(C(F)(F)F)c4)nc(C)nc3cc2OC)CC1. The van der Waals surface area contributed by atoms with Crippen molar-refractivity contribution in [3.8, 4) is 11.5 Å². The van der Waals surface area contributed by atoms with Crippen LogP contribution in [0.4, 0.5) is 30.4 Å². The van der Waals surface area contributed by atoms with Crippen molar-refractivity contribution < 1.29 is 46.6 Å². The highest BCUT2D eigenvalue weighted by Gasteiger charge is 2.47. The second-order valence-corrected chi connectivity index (χ2v) is 17.5. The first-order chi connectivity index (χ1) is 30.9. The number of alkyl halides is 3. The molecule has 1 saturated carbocycles. The molecule has 16 nitrogen and oxygen atoms in total. The van der Waals surface area contributed by atoms with Crippen LogP contribution >= 0.6 is 0 Å². The molecule has 344 valence electrons. The molecule has 8 rings (SSSR count). The highest BCUT2D eigenvalue weighted by atomic mass is 19.4. The molecule has 1 aliphatic carbocycles. The first-order valence-corrected chi connectivity index (χ1v) is 21.7. The molecule has 4 aliphatic rings. The maximum Gasteiger partial charge on any atom is 0.416 e. The average Bonchev–Trinajstić information content (AvgIpc) is 4.00. The van der Waals surface area contributed by atoms with Gasteiger partial charge in [-0.2, -0.15) is 13.2 Å². The van der Waals surface area contributed by atoms with E-state index in [9.17, 15) is 37.1 Å². The van der Waals surface area contributed by atoms with Gasteiger partial charge >= 0.3 is 6.18 Å². The molecule has 3 aromatic carbocycles. The van der Waals surface area contributed by atoms with Gasteiger partial charge in [0.1, 0.15) is 17.7 Å². The third-order valence-corrected chi connectivity index (χ3v) is 13.0. The number of hydrogen-bond donors (Lipinski definition) is 4. The van der Waals surface area contributed by atoms with Gasteiger partial charge in [0.15, 0.2) is 11.5 Å². The number of methoxy groups -OCH3 is 1. The standard InChI is InChI=1S/C46H52F3N9O7/c1-25(28-17-29(46(47,48)49)19-30(50)18-28)52-40-34-21-38(37(64-4)22-35(34)53-26(2)54-40)65-24-45(10-11-45)23-27(41(60)51-3)9-12-56-13-15-57(16-14-56)31-5-6-32-33(20-31)44(63)58(43(32)62)36-7-8-39(59)55-42(36)61/h5-6,17-22,25,27,36H,7-16,23-24,50H2,1-4H3,(H,51,60)(H,52,53,54)(H,55,59,61). The number of nitrogens with two attached hydrogens (primary N) is 1. The lowest BCUT2D eigenvalue weighted by atomic mass is 9.89. The van der Waals surface area contributed by atoms with E-state index in [1.165, 1.54) is 13.2 Å². The number of aryl methyl sites for hydroxylation is 1. The van der Waals surface area contributed by atoms with Gasteiger partial charge < -0.3 is 30.7 Å². The Morgan fingerprint density at radius 3 is 2.40 bits per heavy atom. The average molecular weight is 900 g/mol. The molecule has 19 heteroatoms. The minimum absolute atomic E-state index is 0.00364. The lowest BCUT2D eigenvalue weighted by Gasteiger charge is -2.37. The Morgan fingerprint density at radius 1 is 0.985 bits per heavy atom. The Balaban J connectivity index is 0.888. The lowest BCUT2D eigenvalue weighted by Crippen LogP contribution is -2.54. The smallest absolute Gasteiger partial charge is 0.416 e. The summed E-state index contributed by atoms with van der Waals surface area (Å²) < 4.78 is 53.0. The number of amides is 5. The van der Waals surface area contributed by atoms with E-state index in [-0.39, 0.29) is 46.9 Å². The number of rotatable bonds is 15. The number of imide groups is 2. The van der Waals surface area contributed by atoms with Crippen LogP contribution in [-0.2, 0) is 20.6 Å². The molecule has 5 amide bonds. The van der Waals surface area contributed by atoms with E-state index < -0.39 is 47.5 Å². The van der Waals surface area contributed by atoms with Gasteiger partial charge in [-0.05, 0) is 101 Å². The summed E-state index contributed by atoms with van der Waals surface area (Å²) in [6.45, 7) is 7.23. The monoisotopic (exact) mass is 899 g/mol. The molecular formula is C46H52F3N9O7. The Labute approximate surface area is 373 Å². The number of benzene rings is 3. The molecule has 3 fully saturated rings. The quantitative estimate of drug-likeness (QED) is 0.0892. The van der Waals surface area contributed by atoms with Crippen LogP contribution in [0.25, 0.3) is 10.9 Å². The highest BCUT2D eigenvalue weighted by molar-refractivity contribution is 6.23. The number of fused-ring (bicyclic) bond motifs is 2.